The number of carbonyl (C=O) groups excluding carboxylic acids is 2. The topological polar surface area (TPSA) is 67.9 Å². The lowest BCUT2D eigenvalue weighted by Crippen LogP contribution is -2.53. The number of nitrogens with zero attached hydrogens (tertiary/aromatic N) is 1. The van der Waals surface area contributed by atoms with Crippen LogP contribution in [0.25, 0.3) is 0 Å². The van der Waals surface area contributed by atoms with Crippen molar-refractivity contribution in [1.29, 1.82) is 0 Å². The molecule has 0 radical (unpaired) electrons. The number of nitrogens with one attached hydrogen (secondary N) is 1. The molecule has 2 amide bonds. The zero-order chi connectivity index (χ0) is 26.8. The lowest BCUT2D eigenvalue weighted by molar-refractivity contribution is -0.143. The third-order valence-electron chi connectivity index (χ3n) is 6.67. The van der Waals surface area contributed by atoms with Gasteiger partial charge in [-0.25, -0.2) is 0 Å². The van der Waals surface area contributed by atoms with E-state index in [9.17, 15) is 9.59 Å². The van der Waals surface area contributed by atoms with E-state index in [0.717, 1.165) is 28.7 Å². The van der Waals surface area contributed by atoms with Crippen molar-refractivity contribution in [3.05, 3.63) is 95.1 Å². The molecule has 1 N–H and O–H groups in total. The van der Waals surface area contributed by atoms with Gasteiger partial charge >= 0.3 is 0 Å². The molecule has 3 aromatic carbocycles. The van der Waals surface area contributed by atoms with Gasteiger partial charge in [-0.2, -0.15) is 0 Å². The quantitative estimate of drug-likeness (QED) is 0.368. The first kappa shape index (κ1) is 27.8. The second-order valence-electron chi connectivity index (χ2n) is 9.38. The highest BCUT2D eigenvalue weighted by Gasteiger charge is 2.31. The van der Waals surface area contributed by atoms with Gasteiger partial charge in [-0.3, -0.25) is 9.59 Å². The molecule has 196 valence electrons. The maximum Gasteiger partial charge on any atom is 0.261 e. The van der Waals surface area contributed by atoms with Gasteiger partial charge in [-0.15, -0.1) is 0 Å². The molecule has 0 aliphatic carbocycles. The minimum absolute atomic E-state index is 0.00858. The van der Waals surface area contributed by atoms with E-state index in [1.807, 2.05) is 100 Å². The minimum Gasteiger partial charge on any atom is -0.497 e. The molecular weight excluding hydrogens is 464 g/mol. The lowest BCUT2D eigenvalue weighted by atomic mass is 10.0. The van der Waals surface area contributed by atoms with Gasteiger partial charge in [-0.1, -0.05) is 61.5 Å². The van der Waals surface area contributed by atoms with Crippen LogP contribution in [0.5, 0.6) is 11.5 Å². The van der Waals surface area contributed by atoms with Gasteiger partial charge < -0.3 is 19.7 Å². The van der Waals surface area contributed by atoms with Crippen molar-refractivity contribution in [2.24, 2.45) is 0 Å². The van der Waals surface area contributed by atoms with Crippen LogP contribution in [0.3, 0.4) is 0 Å². The average molecular weight is 503 g/mol. The number of rotatable bonds is 12. The maximum atomic E-state index is 13.8. The summed E-state index contributed by atoms with van der Waals surface area (Å²) >= 11 is 0. The van der Waals surface area contributed by atoms with Gasteiger partial charge in [0.2, 0.25) is 5.91 Å². The molecule has 3 rings (SSSR count). The van der Waals surface area contributed by atoms with Gasteiger partial charge in [0, 0.05) is 19.0 Å². The van der Waals surface area contributed by atoms with Crippen LogP contribution in [-0.4, -0.2) is 42.5 Å². The summed E-state index contributed by atoms with van der Waals surface area (Å²) in [6.07, 6.45) is 1.19. The van der Waals surface area contributed by atoms with Gasteiger partial charge in [0.25, 0.3) is 5.91 Å². The molecular formula is C31H38N2O4. The minimum atomic E-state index is -0.711. The SMILES string of the molecule is CC[C@H](C)NC(=O)[C@H](Cc1ccccc1)N(Cc1cccc(OC)c1)C(=O)COc1cccc(C)c1C. The van der Waals surface area contributed by atoms with E-state index in [2.05, 4.69) is 5.32 Å². The predicted octanol–water partition coefficient (Wildman–Crippen LogP) is 5.25. The summed E-state index contributed by atoms with van der Waals surface area (Å²) in [4.78, 5) is 29.0. The molecule has 0 heterocycles. The molecule has 0 fully saturated rings. The summed E-state index contributed by atoms with van der Waals surface area (Å²) in [6, 6.07) is 22.4. The third kappa shape index (κ3) is 7.84. The van der Waals surface area contributed by atoms with Crippen LogP contribution < -0.4 is 14.8 Å². The molecule has 2 atom stereocenters. The van der Waals surface area contributed by atoms with E-state index in [1.54, 1.807) is 12.0 Å². The number of benzene rings is 3. The molecule has 0 spiro atoms. The van der Waals surface area contributed by atoms with Crippen LogP contribution in [0.15, 0.2) is 72.8 Å². The van der Waals surface area contributed by atoms with Crippen molar-refractivity contribution in [2.75, 3.05) is 13.7 Å². The Hall–Kier alpha value is -3.80. The number of amides is 2. The van der Waals surface area contributed by atoms with Crippen molar-refractivity contribution in [3.63, 3.8) is 0 Å². The Labute approximate surface area is 220 Å². The molecule has 0 aromatic heterocycles. The zero-order valence-corrected chi connectivity index (χ0v) is 22.5. The highest BCUT2D eigenvalue weighted by molar-refractivity contribution is 5.88. The fraction of sp³-hybridized carbons (Fsp3) is 0.355. The van der Waals surface area contributed by atoms with Gasteiger partial charge in [0.1, 0.15) is 17.5 Å². The Balaban J connectivity index is 1.95. The highest BCUT2D eigenvalue weighted by atomic mass is 16.5. The first-order valence-corrected chi connectivity index (χ1v) is 12.8. The standard InChI is InChI=1S/C31H38N2O4/c1-6-23(3)32-31(35)28(19-25-13-8-7-9-14-25)33(20-26-15-11-16-27(18-26)36-5)30(34)21-37-29-17-10-12-22(2)24(29)4/h7-18,23,28H,6,19-21H2,1-5H3,(H,32,35)/t23-,28-/m0/s1. The molecule has 0 aliphatic heterocycles. The Morgan fingerprint density at radius 2 is 1.65 bits per heavy atom. The van der Waals surface area contributed by atoms with Gasteiger partial charge in [0.15, 0.2) is 6.61 Å². The van der Waals surface area contributed by atoms with Crippen molar-refractivity contribution in [2.45, 2.75) is 59.2 Å². The molecule has 6 nitrogen and oxygen atoms in total. The van der Waals surface area contributed by atoms with E-state index in [0.29, 0.717) is 17.9 Å². The first-order chi connectivity index (χ1) is 17.8. The van der Waals surface area contributed by atoms with E-state index in [-0.39, 0.29) is 31.0 Å². The molecule has 0 saturated heterocycles. The average Bonchev–Trinajstić information content (AvgIpc) is 2.91. The first-order valence-electron chi connectivity index (χ1n) is 12.8. The Kier molecular flexibility index (Phi) is 10.1. The van der Waals surface area contributed by atoms with Gasteiger partial charge in [0.05, 0.1) is 7.11 Å². The predicted molar refractivity (Wildman–Crippen MR) is 147 cm³/mol. The van der Waals surface area contributed by atoms with Crippen molar-refractivity contribution in [3.8, 4) is 11.5 Å². The lowest BCUT2D eigenvalue weighted by Gasteiger charge is -2.32. The zero-order valence-electron chi connectivity index (χ0n) is 22.5. The molecule has 0 bridgehead atoms. The Bertz CT molecular complexity index is 1180. The van der Waals surface area contributed by atoms with E-state index < -0.39 is 6.04 Å². The van der Waals surface area contributed by atoms with E-state index in [4.69, 9.17) is 9.47 Å². The second kappa shape index (κ2) is 13.5. The van der Waals surface area contributed by atoms with Crippen molar-refractivity contribution in [1.82, 2.24) is 10.2 Å². The van der Waals surface area contributed by atoms with Crippen LogP contribution >= 0.6 is 0 Å². The summed E-state index contributed by atoms with van der Waals surface area (Å²) in [5.74, 6) is 0.920. The summed E-state index contributed by atoms with van der Waals surface area (Å²) in [6.45, 7) is 8.05. The summed E-state index contributed by atoms with van der Waals surface area (Å²) < 4.78 is 11.4. The van der Waals surface area contributed by atoms with Crippen LogP contribution in [0, 0.1) is 13.8 Å². The summed E-state index contributed by atoms with van der Waals surface area (Å²) in [7, 11) is 1.61. The van der Waals surface area contributed by atoms with Crippen LogP contribution in [-0.2, 0) is 22.6 Å². The number of methoxy groups -OCH3 is 1. The molecule has 3 aromatic rings. The van der Waals surface area contributed by atoms with Crippen molar-refractivity contribution < 1.29 is 19.1 Å². The number of aryl methyl sites for hydroxylation is 1. The van der Waals surface area contributed by atoms with Crippen molar-refractivity contribution >= 4 is 11.8 Å². The number of hydrogen-bond donors (Lipinski definition) is 1. The maximum absolute atomic E-state index is 13.8. The largest absolute Gasteiger partial charge is 0.497 e. The molecule has 0 unspecified atom stereocenters. The second-order valence-corrected chi connectivity index (χ2v) is 9.38. The van der Waals surface area contributed by atoms with Crippen LogP contribution in [0.1, 0.15) is 42.5 Å². The van der Waals surface area contributed by atoms with Crippen LogP contribution in [0.2, 0.25) is 0 Å². The Morgan fingerprint density at radius 3 is 2.35 bits per heavy atom. The van der Waals surface area contributed by atoms with Crippen LogP contribution in [0.4, 0.5) is 0 Å². The molecule has 0 saturated carbocycles. The summed E-state index contributed by atoms with van der Waals surface area (Å²) in [5.41, 5.74) is 3.93. The normalized spacial score (nSPS) is 12.4. The Morgan fingerprint density at radius 1 is 0.946 bits per heavy atom. The fourth-order valence-electron chi connectivity index (χ4n) is 4.07. The third-order valence-corrected chi connectivity index (χ3v) is 6.67. The van der Waals surface area contributed by atoms with E-state index >= 15 is 0 Å². The number of carbonyl (C=O) groups is 2. The summed E-state index contributed by atoms with van der Waals surface area (Å²) in [5, 5.41) is 3.09. The highest BCUT2D eigenvalue weighted by Crippen LogP contribution is 2.22. The fourth-order valence-corrected chi connectivity index (χ4v) is 4.07. The monoisotopic (exact) mass is 502 g/mol. The smallest absolute Gasteiger partial charge is 0.261 e. The molecule has 6 heteroatoms. The number of ether oxygens (including phenoxy) is 2. The number of hydrogen-bond acceptors (Lipinski definition) is 4. The molecule has 37 heavy (non-hydrogen) atoms. The van der Waals surface area contributed by atoms with E-state index in [1.165, 1.54) is 0 Å². The van der Waals surface area contributed by atoms with Gasteiger partial charge in [-0.05, 0) is 67.6 Å². The molecule has 0 aliphatic rings.